The molecule has 0 N–H and O–H groups in total. The zero-order chi connectivity index (χ0) is 80.1. The molecule has 5 heteroatoms. The van der Waals surface area contributed by atoms with Gasteiger partial charge in [-0.15, -0.1) is 0 Å². The van der Waals surface area contributed by atoms with E-state index in [4.69, 9.17) is 26.0 Å². The molecule has 5 nitrogen and oxygen atoms in total. The van der Waals surface area contributed by atoms with Gasteiger partial charge >= 0.3 is 0 Å². The number of rotatable bonds is 8. The summed E-state index contributed by atoms with van der Waals surface area (Å²) in [4.78, 5) is 0. The molecule has 452 valence electrons. The Balaban J connectivity index is 0.000000209. The van der Waals surface area contributed by atoms with Crippen molar-refractivity contribution in [3.8, 4) is 56.3 Å². The third kappa shape index (κ3) is 18.0. The van der Waals surface area contributed by atoms with Gasteiger partial charge in [-0.2, -0.15) is 0 Å². The Hall–Kier alpha value is -8.15. The SMILES string of the molecule is Cc1cc(-c2ccc(C(C)C)cc2C)[n+](C)cc1C.Cc1ccc(-c2cc(C)c(C)c[n+]2C)c(C)c1.[2H]C([2H])([2H])Cc1ccc(-c2ccc(C([2H])([2H])[2H])c[n+]2C)c(C)c1.[2H]C([2H])([2H])c1ccc(-c2ccc(C([2H])(C)C([2H])([2H])[2H])cc2C)[n+](C)c1.[2H]C([2H])([2H])c1ccc(-c2ccc(C([2H])([2H])[2H])c[n+]2C)c(C)c1. The highest BCUT2D eigenvalue weighted by Gasteiger charge is 2.19. The van der Waals surface area contributed by atoms with E-state index >= 15 is 0 Å². The van der Waals surface area contributed by atoms with Crippen molar-refractivity contribution in [2.45, 2.75) is 149 Å². The van der Waals surface area contributed by atoms with Gasteiger partial charge < -0.3 is 0 Å². The van der Waals surface area contributed by atoms with Crippen LogP contribution in [0.3, 0.4) is 0 Å². The van der Waals surface area contributed by atoms with Crippen LogP contribution in [0.15, 0.2) is 171 Å². The lowest BCUT2D eigenvalue weighted by Gasteiger charge is -2.11. The molecule has 0 fully saturated rings. The van der Waals surface area contributed by atoms with E-state index < -0.39 is 47.0 Å². The number of benzene rings is 5. The molecule has 0 saturated carbocycles. The van der Waals surface area contributed by atoms with Gasteiger partial charge in [-0.1, -0.05) is 106 Å². The lowest BCUT2D eigenvalue weighted by Crippen LogP contribution is -2.31. The monoisotopic (exact) mass is 1180 g/mol. The third-order valence-electron chi connectivity index (χ3n) is 15.9. The number of hydrogen-bond acceptors (Lipinski definition) is 0. The molecule has 1 unspecified atom stereocenters. The summed E-state index contributed by atoms with van der Waals surface area (Å²) >= 11 is 0. The van der Waals surface area contributed by atoms with Crippen molar-refractivity contribution in [1.29, 1.82) is 0 Å². The van der Waals surface area contributed by atoms with Gasteiger partial charge in [0.05, 0.1) is 0 Å². The minimum absolute atomic E-state index is 0.0399. The van der Waals surface area contributed by atoms with Crippen LogP contribution in [0.2, 0.25) is 0 Å². The van der Waals surface area contributed by atoms with Crippen molar-refractivity contribution in [1.82, 2.24) is 0 Å². The van der Waals surface area contributed by atoms with E-state index in [1.54, 1.807) is 126 Å². The Morgan fingerprint density at radius 3 is 1.05 bits per heavy atom. The third-order valence-corrected chi connectivity index (χ3v) is 15.9. The summed E-state index contributed by atoms with van der Waals surface area (Å²) in [6.45, 7) is 13.7. The lowest BCUT2D eigenvalue weighted by molar-refractivity contribution is -0.660. The maximum Gasteiger partial charge on any atom is 0.212 e. The van der Waals surface area contributed by atoms with Crippen LogP contribution in [-0.4, -0.2) is 0 Å². The molecule has 0 amide bonds. The molecular weight excluding hydrogens is 1050 g/mol. The number of hydrogen-bond donors (Lipinski definition) is 0. The van der Waals surface area contributed by atoms with Gasteiger partial charge in [-0.25, -0.2) is 22.8 Å². The number of pyridine rings is 5. The highest BCUT2D eigenvalue weighted by Crippen LogP contribution is 2.29. The second kappa shape index (κ2) is 30.5. The van der Waals surface area contributed by atoms with E-state index in [1.807, 2.05) is 39.0 Å². The van der Waals surface area contributed by atoms with E-state index in [-0.39, 0.29) is 17.5 Å². The molecule has 0 bridgehead atoms. The van der Waals surface area contributed by atoms with E-state index in [0.29, 0.717) is 22.6 Å². The normalized spacial score (nSPS) is 15.6. The van der Waals surface area contributed by atoms with Crippen LogP contribution in [0.1, 0.15) is 167 Å². The molecule has 10 aromatic rings. The van der Waals surface area contributed by atoms with Crippen LogP contribution in [0.5, 0.6) is 0 Å². The average Bonchev–Trinajstić information content (AvgIpc) is 0.788. The first-order valence-electron chi connectivity index (χ1n) is 39.1. The average molecular weight is 1180 g/mol. The molecule has 5 aromatic carbocycles. The fraction of sp³-hybridized carbons (Fsp3) is 0.329. The molecule has 0 aliphatic carbocycles. The Bertz CT molecular complexity index is 4720. The molecule has 0 aliphatic rings. The predicted octanol–water partition coefficient (Wildman–Crippen LogP) is 18.0. The van der Waals surface area contributed by atoms with Crippen LogP contribution in [0.4, 0.5) is 0 Å². The molecule has 0 aliphatic heterocycles. The van der Waals surface area contributed by atoms with Crippen LogP contribution < -0.4 is 22.8 Å². The molecule has 1 atom stereocenters. The second-order valence-electron chi connectivity index (χ2n) is 23.6. The van der Waals surface area contributed by atoms with Crippen LogP contribution in [-0.2, 0) is 41.7 Å². The minimum Gasteiger partial charge on any atom is -0.201 e. The standard InChI is InChI=1S/C18H24N.C17H22N.2C16H20N.C15H18N/c1-12(2)16-7-8-17(14(4)9-16)18-10-13(3)15(5)11-19(18)6;1-12(2)15-7-8-16(14(4)10-15)17-9-6-13(3)11-18(17)5;1-11-6-7-15(13(3)8-11)16-9-12(2)14(4)10-17(16)5;1-5-14-7-8-15(13(3)10-14)16-9-6-12(2)11-17(16)4;1-11-5-7-14(13(3)9-11)15-8-6-12(2)10-16(15)4/h7-12H,1-6H3;6-12H,1-5H3;6-10H,1-5H3;6-11H,5H2,1-4H3;5-10H,1-4H3/q5*+1/i;1D3,3D3,12D;;2*1D3,2D3. The first-order chi connectivity index (χ1) is 48.6. The summed E-state index contributed by atoms with van der Waals surface area (Å²) < 4.78 is 152. The van der Waals surface area contributed by atoms with Gasteiger partial charge in [0, 0.05) is 112 Å². The highest BCUT2D eigenvalue weighted by atomic mass is 14.9. The van der Waals surface area contributed by atoms with Crippen molar-refractivity contribution in [3.63, 3.8) is 0 Å². The molecule has 5 heterocycles. The van der Waals surface area contributed by atoms with E-state index in [2.05, 4.69) is 146 Å². The van der Waals surface area contributed by atoms with Crippen molar-refractivity contribution in [2.24, 2.45) is 35.2 Å². The Morgan fingerprint density at radius 1 is 0.322 bits per heavy atom. The molecule has 10 rings (SSSR count). The summed E-state index contributed by atoms with van der Waals surface area (Å²) in [5, 5.41) is 0. The lowest BCUT2D eigenvalue weighted by atomic mass is 9.95. The zero-order valence-electron chi connectivity index (χ0n) is 73.7. The Kier molecular flexibility index (Phi) is 15.8. The van der Waals surface area contributed by atoms with Crippen molar-refractivity contribution < 1.29 is 48.9 Å². The quantitative estimate of drug-likeness (QED) is 0.135. The van der Waals surface area contributed by atoms with Gasteiger partial charge in [0.1, 0.15) is 35.2 Å². The summed E-state index contributed by atoms with van der Waals surface area (Å²) in [6.07, 6.45) is 9.22. The van der Waals surface area contributed by atoms with Gasteiger partial charge in [0.2, 0.25) is 28.5 Å². The first kappa shape index (κ1) is 45.2. The summed E-state index contributed by atoms with van der Waals surface area (Å²) in [5.41, 5.74) is 26.2. The van der Waals surface area contributed by atoms with Crippen molar-refractivity contribution in [3.05, 3.63) is 265 Å². The fourth-order valence-electron chi connectivity index (χ4n) is 10.7. The summed E-state index contributed by atoms with van der Waals surface area (Å²) in [6, 6.07) is 43.8. The largest absolute Gasteiger partial charge is 0.212 e. The van der Waals surface area contributed by atoms with Gasteiger partial charge in [0.25, 0.3) is 0 Å². The van der Waals surface area contributed by atoms with Gasteiger partial charge in [0.15, 0.2) is 31.0 Å². The minimum atomic E-state index is -2.42. The van der Waals surface area contributed by atoms with Crippen LogP contribution in [0.25, 0.3) is 56.3 Å². The first-order valence-corrected chi connectivity index (χ1v) is 29.6. The highest BCUT2D eigenvalue weighted by molar-refractivity contribution is 5.66. The second-order valence-corrected chi connectivity index (χ2v) is 23.6. The topological polar surface area (TPSA) is 19.4 Å². The predicted molar refractivity (Wildman–Crippen MR) is 369 cm³/mol. The molecule has 5 aromatic heterocycles. The Labute approximate surface area is 553 Å². The molecule has 0 spiro atoms. The maximum atomic E-state index is 8.20. The fourth-order valence-corrected chi connectivity index (χ4v) is 10.7. The van der Waals surface area contributed by atoms with Gasteiger partial charge in [-0.3, -0.25) is 0 Å². The summed E-state index contributed by atoms with van der Waals surface area (Å²) in [7, 11) is 9.59. The molecule has 0 saturated heterocycles. The van der Waals surface area contributed by atoms with Crippen LogP contribution in [0, 0.1) is 96.6 Å². The number of nitrogens with zero attached hydrogens (tertiary/aromatic N) is 5. The zero-order valence-corrected chi connectivity index (χ0v) is 54.7. The van der Waals surface area contributed by atoms with E-state index in [0.717, 1.165) is 56.0 Å². The Morgan fingerprint density at radius 2 is 0.667 bits per heavy atom. The summed E-state index contributed by atoms with van der Waals surface area (Å²) in [5.74, 6) is -1.11. The maximum absolute atomic E-state index is 8.20. The molecular formula is C82H104N5+5. The molecule has 87 heavy (non-hydrogen) atoms. The number of aryl methyl sites for hydroxylation is 20. The number of aromatic nitrogens is 5. The van der Waals surface area contributed by atoms with E-state index in [1.165, 1.54) is 73.9 Å². The smallest absolute Gasteiger partial charge is 0.201 e. The van der Waals surface area contributed by atoms with Gasteiger partial charge in [-0.05, 0) is 219 Å². The van der Waals surface area contributed by atoms with Crippen LogP contribution >= 0.6 is 0 Å². The van der Waals surface area contributed by atoms with Crippen molar-refractivity contribution >= 4 is 0 Å². The molecule has 0 radical (unpaired) electrons. The van der Waals surface area contributed by atoms with E-state index in [9.17, 15) is 0 Å². The van der Waals surface area contributed by atoms with Crippen molar-refractivity contribution in [2.75, 3.05) is 0 Å².